The third kappa shape index (κ3) is 4.24. The normalized spacial score (nSPS) is 14.1. The predicted octanol–water partition coefficient (Wildman–Crippen LogP) is 4.79. The summed E-state index contributed by atoms with van der Waals surface area (Å²) in [5, 5.41) is 8.97. The second-order valence-corrected chi connectivity index (χ2v) is 8.73. The Balaban J connectivity index is 1.42. The van der Waals surface area contributed by atoms with Crippen LogP contribution in [0.4, 0.5) is 5.82 Å². The minimum absolute atomic E-state index is 0.0776. The van der Waals surface area contributed by atoms with E-state index in [0.29, 0.717) is 13.1 Å². The largest absolute Gasteiger partial charge is 0.352 e. The molecule has 30 heavy (non-hydrogen) atoms. The number of nitrogens with zero attached hydrogens (tertiary/aromatic N) is 4. The van der Waals surface area contributed by atoms with Crippen LogP contribution in [0.15, 0.2) is 53.0 Å². The molecule has 0 radical (unpaired) electrons. The molecule has 1 aliphatic rings. The molecule has 2 heterocycles. The molecule has 0 spiro atoms. The minimum Gasteiger partial charge on any atom is -0.352 e. The molecule has 0 N–H and O–H groups in total. The Morgan fingerprint density at radius 2 is 1.50 bits per heavy atom. The Bertz CT molecular complexity index is 1060. The van der Waals surface area contributed by atoms with Gasteiger partial charge in [-0.1, -0.05) is 22.0 Å². The van der Waals surface area contributed by atoms with Gasteiger partial charge in [-0.25, -0.2) is 0 Å². The maximum atomic E-state index is 12.7. The van der Waals surface area contributed by atoms with Crippen LogP contribution >= 0.6 is 15.9 Å². The van der Waals surface area contributed by atoms with Crippen LogP contribution in [-0.2, 0) is 0 Å². The van der Waals surface area contributed by atoms with E-state index in [1.165, 1.54) is 16.7 Å². The first kappa shape index (κ1) is 20.5. The number of hydrogen-bond donors (Lipinski definition) is 0. The summed E-state index contributed by atoms with van der Waals surface area (Å²) in [5.41, 5.74) is 6.50. The third-order valence-electron chi connectivity index (χ3n) is 5.75. The molecule has 1 fully saturated rings. The monoisotopic (exact) mass is 464 g/mol. The van der Waals surface area contributed by atoms with E-state index in [-0.39, 0.29) is 5.91 Å². The van der Waals surface area contributed by atoms with Crippen LogP contribution in [0.1, 0.15) is 27.0 Å². The lowest BCUT2D eigenvalue weighted by Crippen LogP contribution is -2.49. The van der Waals surface area contributed by atoms with E-state index in [1.807, 2.05) is 41.3 Å². The molecular weight excluding hydrogens is 440 g/mol. The fraction of sp³-hybridized carbons (Fsp3) is 0.292. The van der Waals surface area contributed by atoms with Gasteiger partial charge < -0.3 is 9.80 Å². The maximum Gasteiger partial charge on any atom is 0.253 e. The molecule has 0 atom stereocenters. The molecule has 1 saturated heterocycles. The average molecular weight is 465 g/mol. The van der Waals surface area contributed by atoms with Gasteiger partial charge in [0.05, 0.1) is 5.69 Å². The van der Waals surface area contributed by atoms with E-state index < -0.39 is 0 Å². The fourth-order valence-corrected chi connectivity index (χ4v) is 4.05. The van der Waals surface area contributed by atoms with E-state index in [0.717, 1.165) is 40.2 Å². The molecule has 1 aromatic heterocycles. The van der Waals surface area contributed by atoms with E-state index >= 15 is 0 Å². The highest BCUT2D eigenvalue weighted by molar-refractivity contribution is 9.10. The molecule has 1 amide bonds. The molecule has 154 valence electrons. The first-order valence-corrected chi connectivity index (χ1v) is 10.9. The Hall–Kier alpha value is -2.73. The summed E-state index contributed by atoms with van der Waals surface area (Å²) in [7, 11) is 0. The highest BCUT2D eigenvalue weighted by Crippen LogP contribution is 2.26. The quantitative estimate of drug-likeness (QED) is 0.558. The van der Waals surface area contributed by atoms with Crippen molar-refractivity contribution in [2.24, 2.45) is 0 Å². The Labute approximate surface area is 185 Å². The molecule has 0 unspecified atom stereocenters. The van der Waals surface area contributed by atoms with Gasteiger partial charge in [0, 0.05) is 41.8 Å². The topological polar surface area (TPSA) is 49.3 Å². The van der Waals surface area contributed by atoms with E-state index in [1.54, 1.807) is 0 Å². The van der Waals surface area contributed by atoms with Crippen LogP contribution in [-0.4, -0.2) is 47.2 Å². The van der Waals surface area contributed by atoms with Crippen LogP contribution in [0, 0.1) is 20.8 Å². The number of rotatable bonds is 3. The van der Waals surface area contributed by atoms with Crippen LogP contribution in [0.5, 0.6) is 0 Å². The molecule has 1 aliphatic heterocycles. The van der Waals surface area contributed by atoms with E-state index in [9.17, 15) is 4.79 Å². The Morgan fingerprint density at radius 3 is 2.13 bits per heavy atom. The van der Waals surface area contributed by atoms with Crippen molar-refractivity contribution in [2.75, 3.05) is 31.1 Å². The fourth-order valence-electron chi connectivity index (χ4n) is 3.79. The van der Waals surface area contributed by atoms with Crippen molar-refractivity contribution >= 4 is 27.7 Å². The van der Waals surface area contributed by atoms with Crippen LogP contribution < -0.4 is 4.90 Å². The van der Waals surface area contributed by atoms with Crippen molar-refractivity contribution in [2.45, 2.75) is 20.8 Å². The van der Waals surface area contributed by atoms with Crippen molar-refractivity contribution in [1.82, 2.24) is 15.1 Å². The molecule has 6 heteroatoms. The number of carbonyl (C=O) groups excluding carboxylic acids is 1. The van der Waals surface area contributed by atoms with Crippen LogP contribution in [0.3, 0.4) is 0 Å². The summed E-state index contributed by atoms with van der Waals surface area (Å²) in [6.07, 6.45) is 0. The first-order chi connectivity index (χ1) is 14.4. The Kier molecular flexibility index (Phi) is 5.86. The number of aryl methyl sites for hydroxylation is 3. The zero-order valence-electron chi connectivity index (χ0n) is 17.5. The van der Waals surface area contributed by atoms with Gasteiger partial charge in [0.1, 0.15) is 0 Å². The molecule has 5 nitrogen and oxygen atoms in total. The van der Waals surface area contributed by atoms with Crippen molar-refractivity contribution in [3.8, 4) is 11.3 Å². The number of amides is 1. The third-order valence-corrected chi connectivity index (χ3v) is 6.28. The summed E-state index contributed by atoms with van der Waals surface area (Å²) >= 11 is 3.41. The molecule has 4 rings (SSSR count). The minimum atomic E-state index is 0.0776. The molecule has 0 aliphatic carbocycles. The zero-order chi connectivity index (χ0) is 21.3. The lowest BCUT2D eigenvalue weighted by molar-refractivity contribution is 0.0746. The van der Waals surface area contributed by atoms with Crippen molar-refractivity contribution in [3.05, 3.63) is 75.3 Å². The summed E-state index contributed by atoms with van der Waals surface area (Å²) < 4.78 is 0.974. The average Bonchev–Trinajstić information content (AvgIpc) is 2.77. The second kappa shape index (κ2) is 8.56. The number of hydrogen-bond acceptors (Lipinski definition) is 4. The number of carbonyl (C=O) groups is 1. The maximum absolute atomic E-state index is 12.7. The molecule has 0 bridgehead atoms. The second-order valence-electron chi connectivity index (χ2n) is 7.81. The van der Waals surface area contributed by atoms with Gasteiger partial charge in [0.2, 0.25) is 0 Å². The van der Waals surface area contributed by atoms with Crippen LogP contribution in [0.2, 0.25) is 0 Å². The number of piperazine rings is 1. The lowest BCUT2D eigenvalue weighted by Gasteiger charge is -2.35. The van der Waals surface area contributed by atoms with Gasteiger partial charge in [0.15, 0.2) is 5.82 Å². The lowest BCUT2D eigenvalue weighted by atomic mass is 9.99. The van der Waals surface area contributed by atoms with Crippen molar-refractivity contribution in [1.29, 1.82) is 0 Å². The van der Waals surface area contributed by atoms with E-state index in [2.05, 4.69) is 63.9 Å². The molecule has 0 saturated carbocycles. The summed E-state index contributed by atoms with van der Waals surface area (Å²) in [4.78, 5) is 16.8. The number of anilines is 1. The first-order valence-electron chi connectivity index (χ1n) is 10.1. The van der Waals surface area contributed by atoms with Gasteiger partial charge in [-0.15, -0.1) is 10.2 Å². The zero-order valence-corrected chi connectivity index (χ0v) is 19.1. The van der Waals surface area contributed by atoms with Gasteiger partial charge in [-0.3, -0.25) is 4.79 Å². The van der Waals surface area contributed by atoms with Gasteiger partial charge in [-0.2, -0.15) is 0 Å². The molecular formula is C24H25BrN4O. The van der Waals surface area contributed by atoms with E-state index in [4.69, 9.17) is 0 Å². The Morgan fingerprint density at radius 1 is 0.833 bits per heavy atom. The van der Waals surface area contributed by atoms with Crippen molar-refractivity contribution in [3.63, 3.8) is 0 Å². The molecule has 2 aromatic carbocycles. The summed E-state index contributed by atoms with van der Waals surface area (Å²) in [6.45, 7) is 9.21. The smallest absolute Gasteiger partial charge is 0.253 e. The van der Waals surface area contributed by atoms with Crippen molar-refractivity contribution < 1.29 is 4.79 Å². The van der Waals surface area contributed by atoms with Gasteiger partial charge in [-0.05, 0) is 79.9 Å². The summed E-state index contributed by atoms with van der Waals surface area (Å²) in [6, 6.07) is 16.0. The number of benzene rings is 2. The number of aromatic nitrogens is 2. The molecule has 3 aromatic rings. The summed E-state index contributed by atoms with van der Waals surface area (Å²) in [5.74, 6) is 0.935. The highest BCUT2D eigenvalue weighted by atomic mass is 79.9. The predicted molar refractivity (Wildman–Crippen MR) is 124 cm³/mol. The standard InChI is InChI=1S/C24H25BrN4O/c1-16-14-18(3)21(15-17(16)2)22-8-9-23(27-26-22)28-10-12-29(13-11-28)24(30)19-4-6-20(25)7-5-19/h4-9,14-15H,10-13H2,1-3H3. The van der Waals surface area contributed by atoms with Gasteiger partial charge in [0.25, 0.3) is 5.91 Å². The van der Waals surface area contributed by atoms with Gasteiger partial charge >= 0.3 is 0 Å². The SMILES string of the molecule is Cc1cc(C)c(-c2ccc(N3CCN(C(=O)c4ccc(Br)cc4)CC3)nn2)cc1C. The number of halogens is 1. The highest BCUT2D eigenvalue weighted by Gasteiger charge is 2.23. The van der Waals surface area contributed by atoms with Crippen LogP contribution in [0.25, 0.3) is 11.3 Å².